The summed E-state index contributed by atoms with van der Waals surface area (Å²) in [6, 6.07) is 17.7. The van der Waals surface area contributed by atoms with Crippen molar-refractivity contribution in [2.75, 3.05) is 55.5 Å². The highest BCUT2D eigenvalue weighted by atomic mass is 32.2. The molecule has 1 aliphatic heterocycles. The molecule has 0 radical (unpaired) electrons. The van der Waals surface area contributed by atoms with Crippen LogP contribution in [0, 0.1) is 0 Å². The zero-order valence-corrected chi connectivity index (χ0v) is 24.6. The van der Waals surface area contributed by atoms with Crippen molar-refractivity contribution in [3.8, 4) is 0 Å². The first-order valence-electron chi connectivity index (χ1n) is 12.7. The van der Waals surface area contributed by atoms with Crippen molar-refractivity contribution in [2.24, 2.45) is 0 Å². The number of fused-ring (bicyclic) bond motifs is 2. The van der Waals surface area contributed by atoms with Crippen LogP contribution in [-0.2, 0) is 19.6 Å². The first-order chi connectivity index (χ1) is 19.5. The Morgan fingerprint density at radius 1 is 1.02 bits per heavy atom. The van der Waals surface area contributed by atoms with E-state index in [0.717, 1.165) is 15.8 Å². The lowest BCUT2D eigenvalue weighted by atomic mass is 9.98. The van der Waals surface area contributed by atoms with E-state index in [1.54, 1.807) is 48.0 Å². The number of methoxy groups -OCH3 is 1. The number of hydrogen-bond acceptors (Lipinski definition) is 9. The van der Waals surface area contributed by atoms with E-state index >= 15 is 0 Å². The molecule has 0 spiro atoms. The molecular formula is C29H29N5O5S2. The van der Waals surface area contributed by atoms with Crippen LogP contribution in [0.5, 0.6) is 0 Å². The summed E-state index contributed by atoms with van der Waals surface area (Å²) in [5.74, 6) is -0.827. The Morgan fingerprint density at radius 3 is 2.44 bits per heavy atom. The number of hydrogen-bond donors (Lipinski definition) is 2. The summed E-state index contributed by atoms with van der Waals surface area (Å²) < 4.78 is 32.2. The molecule has 0 saturated carbocycles. The minimum Gasteiger partial charge on any atom is -0.465 e. The van der Waals surface area contributed by atoms with Crippen molar-refractivity contribution in [1.82, 2.24) is 9.88 Å². The molecule has 0 bridgehead atoms. The lowest BCUT2D eigenvalue weighted by Gasteiger charge is -2.24. The first kappa shape index (κ1) is 28.3. The predicted octanol–water partition coefficient (Wildman–Crippen LogP) is 4.34. The molecule has 0 atom stereocenters. The van der Waals surface area contributed by atoms with Crippen LogP contribution in [0.1, 0.15) is 21.5 Å². The second kappa shape index (κ2) is 11.3. The normalized spacial score (nSPS) is 14.1. The number of rotatable bonds is 9. The highest BCUT2D eigenvalue weighted by molar-refractivity contribution is 7.92. The second-order valence-electron chi connectivity index (χ2n) is 9.80. The Morgan fingerprint density at radius 2 is 1.76 bits per heavy atom. The minimum absolute atomic E-state index is 0.312. The van der Waals surface area contributed by atoms with E-state index in [4.69, 9.17) is 4.74 Å². The lowest BCUT2D eigenvalue weighted by molar-refractivity contribution is -0.110. The summed E-state index contributed by atoms with van der Waals surface area (Å²) in [5, 5.41) is 6.26. The van der Waals surface area contributed by atoms with Crippen molar-refractivity contribution in [3.63, 3.8) is 0 Å². The van der Waals surface area contributed by atoms with Crippen LogP contribution in [0.4, 0.5) is 17.1 Å². The van der Waals surface area contributed by atoms with Crippen molar-refractivity contribution >= 4 is 71.8 Å². The zero-order chi connectivity index (χ0) is 29.3. The van der Waals surface area contributed by atoms with Crippen molar-refractivity contribution < 1.29 is 22.7 Å². The van der Waals surface area contributed by atoms with Gasteiger partial charge < -0.3 is 20.3 Å². The molecule has 12 heteroatoms. The van der Waals surface area contributed by atoms with Gasteiger partial charge in [-0.3, -0.25) is 9.10 Å². The smallest absolute Gasteiger partial charge is 0.337 e. The molecule has 1 aliphatic rings. The number of aromatic nitrogens is 1. The van der Waals surface area contributed by atoms with Crippen molar-refractivity contribution in [1.29, 1.82) is 0 Å². The maximum absolute atomic E-state index is 13.4. The third kappa shape index (κ3) is 5.94. The van der Waals surface area contributed by atoms with Crippen LogP contribution >= 0.6 is 11.3 Å². The predicted molar refractivity (Wildman–Crippen MR) is 164 cm³/mol. The van der Waals surface area contributed by atoms with Gasteiger partial charge in [-0.1, -0.05) is 12.1 Å². The first-order valence-corrected chi connectivity index (χ1v) is 15.4. The van der Waals surface area contributed by atoms with E-state index in [-0.39, 0.29) is 5.91 Å². The van der Waals surface area contributed by atoms with Gasteiger partial charge in [-0.15, -0.1) is 11.3 Å². The van der Waals surface area contributed by atoms with Crippen LogP contribution < -0.4 is 14.9 Å². The Balaban J connectivity index is 1.57. The van der Waals surface area contributed by atoms with Gasteiger partial charge in [0.1, 0.15) is 0 Å². The maximum atomic E-state index is 13.4. The van der Waals surface area contributed by atoms with Crippen LogP contribution in [0.3, 0.4) is 0 Å². The molecule has 41 heavy (non-hydrogen) atoms. The second-order valence-corrected chi connectivity index (χ2v) is 12.6. The molecule has 0 saturated heterocycles. The Kier molecular flexibility index (Phi) is 7.80. The molecule has 1 aromatic heterocycles. The van der Waals surface area contributed by atoms with Crippen LogP contribution in [0.2, 0.25) is 0 Å². The fraction of sp³-hybridized carbons (Fsp3) is 0.207. The van der Waals surface area contributed by atoms with Crippen LogP contribution in [0.25, 0.3) is 21.5 Å². The molecule has 1 amide bonds. The summed E-state index contributed by atoms with van der Waals surface area (Å²) in [6.45, 7) is 0.876. The van der Waals surface area contributed by atoms with Gasteiger partial charge in [0.15, 0.2) is 0 Å². The minimum atomic E-state index is -3.49. The van der Waals surface area contributed by atoms with Crippen molar-refractivity contribution in [3.05, 3.63) is 82.9 Å². The van der Waals surface area contributed by atoms with E-state index in [2.05, 4.69) is 15.6 Å². The van der Waals surface area contributed by atoms with E-state index in [0.29, 0.717) is 52.5 Å². The average Bonchev–Trinajstić information content (AvgIpc) is 3.53. The molecule has 0 unspecified atom stereocenters. The van der Waals surface area contributed by atoms with Gasteiger partial charge >= 0.3 is 5.97 Å². The standard InChI is InChI=1S/C29H29N5O5S2/c1-33(2)13-14-34(41(4,37)38)21-9-7-20(8-10-21)31-27(18-6-12-25-24(15-18)30-17-40-25)26-22-11-5-19(29(36)39-3)16-23(22)32-28(26)35/h5-12,15-17,31H,13-14H2,1-4H3,(H,32,35)/b27-26-. The molecule has 10 nitrogen and oxygen atoms in total. The molecule has 5 rings (SSSR count). The summed E-state index contributed by atoms with van der Waals surface area (Å²) in [7, 11) is 1.59. The topological polar surface area (TPSA) is 121 Å². The molecule has 0 aliphatic carbocycles. The Bertz CT molecular complexity index is 1780. The number of anilines is 3. The Hall–Kier alpha value is -4.26. The fourth-order valence-corrected chi connectivity index (χ4v) is 6.17. The van der Waals surface area contributed by atoms with E-state index in [1.165, 1.54) is 29.0 Å². The van der Waals surface area contributed by atoms with E-state index < -0.39 is 16.0 Å². The molecule has 3 aromatic carbocycles. The van der Waals surface area contributed by atoms with E-state index in [1.807, 2.05) is 37.2 Å². The van der Waals surface area contributed by atoms with Crippen LogP contribution in [0.15, 0.2) is 66.2 Å². The van der Waals surface area contributed by atoms with Gasteiger partial charge in [-0.2, -0.15) is 0 Å². The lowest BCUT2D eigenvalue weighted by Crippen LogP contribution is -2.35. The largest absolute Gasteiger partial charge is 0.465 e. The Labute approximate surface area is 242 Å². The molecular weight excluding hydrogens is 562 g/mol. The number of sulfonamides is 1. The van der Waals surface area contributed by atoms with Crippen LogP contribution in [-0.4, -0.2) is 70.7 Å². The van der Waals surface area contributed by atoms with Gasteiger partial charge in [-0.05, 0) is 62.6 Å². The van der Waals surface area contributed by atoms with E-state index in [9.17, 15) is 18.0 Å². The maximum Gasteiger partial charge on any atom is 0.337 e. The number of nitrogens with one attached hydrogen (secondary N) is 2. The number of thiazole rings is 1. The number of ether oxygens (including phenoxy) is 1. The number of carbonyl (C=O) groups is 2. The molecule has 2 heterocycles. The quantitative estimate of drug-likeness (QED) is 0.218. The number of amides is 1. The zero-order valence-electron chi connectivity index (χ0n) is 23.0. The third-order valence-corrected chi connectivity index (χ3v) is 8.63. The highest BCUT2D eigenvalue weighted by Crippen LogP contribution is 2.39. The molecule has 2 N–H and O–H groups in total. The molecule has 0 fully saturated rings. The number of esters is 1. The number of benzene rings is 3. The summed E-state index contributed by atoms with van der Waals surface area (Å²) in [4.78, 5) is 31.8. The number of carbonyl (C=O) groups excluding carboxylic acids is 2. The van der Waals surface area contributed by atoms with Gasteiger partial charge in [0.05, 0.1) is 57.3 Å². The van der Waals surface area contributed by atoms with Crippen molar-refractivity contribution in [2.45, 2.75) is 0 Å². The third-order valence-electron chi connectivity index (χ3n) is 6.63. The summed E-state index contributed by atoms with van der Waals surface area (Å²) in [5.41, 5.74) is 6.91. The number of likely N-dealkylation sites (N-methyl/N-ethyl adjacent to an activating group) is 1. The van der Waals surface area contributed by atoms with Gasteiger partial charge in [-0.25, -0.2) is 18.2 Å². The molecule has 212 valence electrons. The van der Waals surface area contributed by atoms with Gasteiger partial charge in [0.25, 0.3) is 5.91 Å². The van der Waals surface area contributed by atoms with Gasteiger partial charge in [0, 0.05) is 29.9 Å². The number of nitrogens with zero attached hydrogens (tertiary/aromatic N) is 3. The summed E-state index contributed by atoms with van der Waals surface area (Å²) in [6.07, 6.45) is 1.19. The SMILES string of the molecule is COC(=O)c1ccc2c(c1)NC(=O)/C2=C(\Nc1ccc(N(CCN(C)C)S(C)(=O)=O)cc1)c1ccc2scnc2c1. The van der Waals surface area contributed by atoms with Gasteiger partial charge in [0.2, 0.25) is 10.0 Å². The average molecular weight is 592 g/mol. The fourth-order valence-electron chi connectivity index (χ4n) is 4.59. The molecule has 4 aromatic rings. The summed E-state index contributed by atoms with van der Waals surface area (Å²) >= 11 is 1.52. The monoisotopic (exact) mass is 591 g/mol. The highest BCUT2D eigenvalue weighted by Gasteiger charge is 2.30.